The average molecular weight is 287 g/mol. The Labute approximate surface area is 119 Å². The molecule has 6 nitrogen and oxygen atoms in total. The minimum atomic E-state index is -1.11. The molecule has 0 bridgehead atoms. The van der Waals surface area contributed by atoms with Crippen LogP contribution in [-0.4, -0.2) is 40.5 Å². The number of hydrogen-bond donors (Lipinski definition) is 3. The SMILES string of the molecule is CC(O)CC(CNC(=O)OC(C)(C)C)(C(=O)O)C1CC1. The molecule has 0 saturated heterocycles. The summed E-state index contributed by atoms with van der Waals surface area (Å²) in [7, 11) is 0. The summed E-state index contributed by atoms with van der Waals surface area (Å²) in [5, 5.41) is 21.6. The molecule has 0 aliphatic heterocycles. The number of amides is 1. The number of aliphatic hydroxyl groups excluding tert-OH is 1. The lowest BCUT2D eigenvalue weighted by Crippen LogP contribution is -2.47. The highest BCUT2D eigenvalue weighted by Gasteiger charge is 2.51. The Morgan fingerprint density at radius 1 is 1.35 bits per heavy atom. The lowest BCUT2D eigenvalue weighted by Gasteiger charge is -2.31. The lowest BCUT2D eigenvalue weighted by atomic mass is 9.77. The molecule has 0 aromatic carbocycles. The number of aliphatic hydroxyl groups is 1. The highest BCUT2D eigenvalue weighted by Crippen LogP contribution is 2.48. The van der Waals surface area contributed by atoms with Crippen molar-refractivity contribution < 1.29 is 24.5 Å². The maximum absolute atomic E-state index is 11.7. The molecule has 2 atom stereocenters. The Morgan fingerprint density at radius 3 is 2.25 bits per heavy atom. The molecule has 0 aromatic rings. The van der Waals surface area contributed by atoms with Crippen LogP contribution in [0.4, 0.5) is 4.79 Å². The molecule has 0 spiro atoms. The second-order valence-corrected chi connectivity index (χ2v) is 6.64. The van der Waals surface area contributed by atoms with Gasteiger partial charge in [-0.25, -0.2) is 4.79 Å². The van der Waals surface area contributed by atoms with Crippen LogP contribution in [0.3, 0.4) is 0 Å². The topological polar surface area (TPSA) is 95.9 Å². The van der Waals surface area contributed by atoms with E-state index in [1.807, 2.05) is 0 Å². The van der Waals surface area contributed by atoms with Gasteiger partial charge in [0, 0.05) is 6.54 Å². The smallest absolute Gasteiger partial charge is 0.407 e. The highest BCUT2D eigenvalue weighted by atomic mass is 16.6. The van der Waals surface area contributed by atoms with E-state index in [4.69, 9.17) is 4.74 Å². The van der Waals surface area contributed by atoms with Crippen molar-refractivity contribution in [3.8, 4) is 0 Å². The Kier molecular flexibility index (Phi) is 5.02. The van der Waals surface area contributed by atoms with Gasteiger partial charge in [-0.05, 0) is 52.9 Å². The summed E-state index contributed by atoms with van der Waals surface area (Å²) < 4.78 is 5.11. The van der Waals surface area contributed by atoms with Gasteiger partial charge in [-0.2, -0.15) is 0 Å². The van der Waals surface area contributed by atoms with Crippen molar-refractivity contribution in [1.29, 1.82) is 0 Å². The first-order valence-corrected chi connectivity index (χ1v) is 6.95. The summed E-state index contributed by atoms with van der Waals surface area (Å²) in [6.07, 6.45) is 0.397. The lowest BCUT2D eigenvalue weighted by molar-refractivity contribution is -0.152. The van der Waals surface area contributed by atoms with E-state index in [1.165, 1.54) is 0 Å². The molecule has 0 radical (unpaired) electrons. The van der Waals surface area contributed by atoms with Crippen molar-refractivity contribution in [2.75, 3.05) is 6.54 Å². The van der Waals surface area contributed by atoms with E-state index in [0.29, 0.717) is 0 Å². The maximum Gasteiger partial charge on any atom is 0.407 e. The van der Waals surface area contributed by atoms with Crippen LogP contribution in [0.5, 0.6) is 0 Å². The number of carbonyl (C=O) groups is 2. The predicted molar refractivity (Wildman–Crippen MR) is 73.3 cm³/mol. The second-order valence-electron chi connectivity index (χ2n) is 6.64. The molecule has 1 amide bonds. The molecule has 1 aliphatic rings. The van der Waals surface area contributed by atoms with E-state index >= 15 is 0 Å². The highest BCUT2D eigenvalue weighted by molar-refractivity contribution is 5.77. The molecule has 1 aliphatic carbocycles. The van der Waals surface area contributed by atoms with Gasteiger partial charge in [-0.1, -0.05) is 0 Å². The first kappa shape index (κ1) is 16.8. The molecule has 0 aromatic heterocycles. The summed E-state index contributed by atoms with van der Waals surface area (Å²) in [4.78, 5) is 23.3. The molecule has 1 fully saturated rings. The molecule has 3 N–H and O–H groups in total. The Morgan fingerprint density at radius 2 is 1.90 bits per heavy atom. The number of aliphatic carboxylic acids is 1. The zero-order valence-electron chi connectivity index (χ0n) is 12.6. The quantitative estimate of drug-likeness (QED) is 0.692. The number of carbonyl (C=O) groups excluding carboxylic acids is 1. The fourth-order valence-electron chi connectivity index (χ4n) is 2.43. The van der Waals surface area contributed by atoms with Gasteiger partial charge in [0.25, 0.3) is 0 Å². The number of carboxylic acids is 1. The van der Waals surface area contributed by atoms with Crippen molar-refractivity contribution >= 4 is 12.1 Å². The van der Waals surface area contributed by atoms with Gasteiger partial charge in [0.15, 0.2) is 0 Å². The summed E-state index contributed by atoms with van der Waals surface area (Å²) in [5.41, 5.74) is -1.73. The van der Waals surface area contributed by atoms with E-state index in [1.54, 1.807) is 27.7 Å². The van der Waals surface area contributed by atoms with Crippen LogP contribution >= 0.6 is 0 Å². The van der Waals surface area contributed by atoms with Crippen LogP contribution in [0.2, 0.25) is 0 Å². The molecular weight excluding hydrogens is 262 g/mol. The maximum atomic E-state index is 11.7. The van der Waals surface area contributed by atoms with Gasteiger partial charge in [-0.3, -0.25) is 4.79 Å². The van der Waals surface area contributed by atoms with Crippen LogP contribution in [0, 0.1) is 11.3 Å². The van der Waals surface area contributed by atoms with Crippen LogP contribution in [-0.2, 0) is 9.53 Å². The van der Waals surface area contributed by atoms with Crippen LogP contribution in [0.1, 0.15) is 47.0 Å². The average Bonchev–Trinajstić information content (AvgIpc) is 3.04. The third-order valence-corrected chi connectivity index (χ3v) is 3.39. The van der Waals surface area contributed by atoms with Gasteiger partial charge < -0.3 is 20.3 Å². The Bertz CT molecular complexity index is 370. The van der Waals surface area contributed by atoms with Crippen LogP contribution in [0.25, 0.3) is 0 Å². The molecule has 2 unspecified atom stereocenters. The zero-order valence-corrected chi connectivity index (χ0v) is 12.6. The van der Waals surface area contributed by atoms with E-state index < -0.39 is 29.2 Å². The number of rotatable bonds is 6. The second kappa shape index (κ2) is 5.99. The molecule has 6 heteroatoms. The van der Waals surface area contributed by atoms with Crippen molar-refractivity contribution in [2.45, 2.75) is 58.7 Å². The molecular formula is C14H25NO5. The first-order chi connectivity index (χ1) is 9.07. The number of alkyl carbamates (subject to hydrolysis) is 1. The number of nitrogens with one attached hydrogen (secondary N) is 1. The normalized spacial score (nSPS) is 19.9. The zero-order chi connectivity index (χ0) is 15.6. The predicted octanol–water partition coefficient (Wildman–Crippen LogP) is 1.76. The minimum Gasteiger partial charge on any atom is -0.481 e. The van der Waals surface area contributed by atoms with Crippen molar-refractivity contribution in [2.24, 2.45) is 11.3 Å². The largest absolute Gasteiger partial charge is 0.481 e. The van der Waals surface area contributed by atoms with E-state index in [0.717, 1.165) is 12.8 Å². The summed E-state index contributed by atoms with van der Waals surface area (Å²) in [6, 6.07) is 0. The third-order valence-electron chi connectivity index (χ3n) is 3.39. The number of carboxylic acid groups (broad SMARTS) is 1. The standard InChI is InChI=1S/C14H25NO5/c1-9(16)7-14(11(17)18,10-5-6-10)8-15-12(19)20-13(2,3)4/h9-10,16H,5-8H2,1-4H3,(H,15,19)(H,17,18). The molecule has 1 saturated carbocycles. The van der Waals surface area contributed by atoms with Crippen molar-refractivity contribution in [3.63, 3.8) is 0 Å². The fraction of sp³-hybridized carbons (Fsp3) is 0.857. The third kappa shape index (κ3) is 4.67. The van der Waals surface area contributed by atoms with Crippen LogP contribution < -0.4 is 5.32 Å². The van der Waals surface area contributed by atoms with E-state index in [9.17, 15) is 19.8 Å². The van der Waals surface area contributed by atoms with Gasteiger partial charge in [0.05, 0.1) is 11.5 Å². The minimum absolute atomic E-state index is 0.00420. The van der Waals surface area contributed by atoms with Gasteiger partial charge in [0.1, 0.15) is 5.60 Å². The van der Waals surface area contributed by atoms with Gasteiger partial charge in [0.2, 0.25) is 0 Å². The van der Waals surface area contributed by atoms with Gasteiger partial charge >= 0.3 is 12.1 Å². The molecule has 20 heavy (non-hydrogen) atoms. The summed E-state index contributed by atoms with van der Waals surface area (Å²) in [5.74, 6) is -0.971. The molecule has 1 rings (SSSR count). The fourth-order valence-corrected chi connectivity index (χ4v) is 2.43. The van der Waals surface area contributed by atoms with E-state index in [-0.39, 0.29) is 18.9 Å². The van der Waals surface area contributed by atoms with Crippen LogP contribution in [0.15, 0.2) is 0 Å². The number of hydrogen-bond acceptors (Lipinski definition) is 4. The first-order valence-electron chi connectivity index (χ1n) is 6.95. The van der Waals surface area contributed by atoms with Crippen molar-refractivity contribution in [1.82, 2.24) is 5.32 Å². The Hall–Kier alpha value is -1.30. The molecule has 116 valence electrons. The van der Waals surface area contributed by atoms with E-state index in [2.05, 4.69) is 5.32 Å². The molecule has 0 heterocycles. The monoisotopic (exact) mass is 287 g/mol. The van der Waals surface area contributed by atoms with Crippen molar-refractivity contribution in [3.05, 3.63) is 0 Å². The van der Waals surface area contributed by atoms with Gasteiger partial charge in [-0.15, -0.1) is 0 Å². The Balaban J connectivity index is 2.70. The summed E-state index contributed by atoms with van der Waals surface area (Å²) in [6.45, 7) is 6.77. The number of ether oxygens (including phenoxy) is 1. The summed E-state index contributed by atoms with van der Waals surface area (Å²) >= 11 is 0.